The molecular formula is C32H3F5N10. The van der Waals surface area contributed by atoms with Gasteiger partial charge in [0.15, 0.2) is 0 Å². The van der Waals surface area contributed by atoms with Crippen molar-refractivity contribution in [1.29, 1.82) is 42.1 Å². The van der Waals surface area contributed by atoms with Crippen molar-refractivity contribution in [3.63, 3.8) is 0 Å². The van der Waals surface area contributed by atoms with Crippen molar-refractivity contribution in [3.05, 3.63) is 103 Å². The Labute approximate surface area is 259 Å². The summed E-state index contributed by atoms with van der Waals surface area (Å²) < 4.78 is 79.1. The summed E-state index contributed by atoms with van der Waals surface area (Å²) in [6, 6.07) is 12.5. The van der Waals surface area contributed by atoms with E-state index in [1.165, 1.54) is 42.5 Å². The molecule has 2 aromatic carbocycles. The molecule has 216 valence electrons. The average Bonchev–Trinajstić information content (AvgIpc) is 3.60. The largest absolute Gasteiger partial charge is 0.234 e. The summed E-state index contributed by atoms with van der Waals surface area (Å²) in [6.45, 7) is 0. The zero-order valence-electron chi connectivity index (χ0n) is 22.6. The number of nitriles is 8. The van der Waals surface area contributed by atoms with E-state index in [4.69, 9.17) is 10.5 Å². The predicted octanol–water partition coefficient (Wildman–Crippen LogP) is 5.41. The zero-order valence-corrected chi connectivity index (χ0v) is 22.6. The molecule has 0 unspecified atom stereocenters. The molecule has 0 amide bonds. The molecule has 47 heavy (non-hydrogen) atoms. The molecule has 15 heteroatoms. The zero-order chi connectivity index (χ0) is 34.3. The molecule has 10 nitrogen and oxygen atoms in total. The van der Waals surface area contributed by atoms with Crippen molar-refractivity contribution in [2.24, 2.45) is 0 Å². The molecule has 0 aliphatic heterocycles. The van der Waals surface area contributed by atoms with E-state index in [-0.39, 0.29) is 0 Å². The van der Waals surface area contributed by atoms with Gasteiger partial charge in [-0.2, -0.15) is 51.5 Å². The fourth-order valence-corrected chi connectivity index (χ4v) is 5.32. The van der Waals surface area contributed by atoms with E-state index in [1.807, 2.05) is 0 Å². The first-order valence-corrected chi connectivity index (χ1v) is 12.4. The Morgan fingerprint density at radius 3 is 1.47 bits per heavy atom. The molecule has 0 bridgehead atoms. The van der Waals surface area contributed by atoms with Gasteiger partial charge in [0.1, 0.15) is 83.0 Å². The number of halogens is 5. The number of nitrogens with zero attached hydrogens (tertiary/aromatic N) is 10. The van der Waals surface area contributed by atoms with Gasteiger partial charge in [-0.1, -0.05) is 0 Å². The summed E-state index contributed by atoms with van der Waals surface area (Å²) in [5.41, 5.74) is -13.5. The first-order chi connectivity index (χ1) is 22.6. The van der Waals surface area contributed by atoms with Crippen molar-refractivity contribution in [2.45, 2.75) is 0 Å². The van der Waals surface area contributed by atoms with Crippen LogP contribution in [-0.2, 0) is 0 Å². The van der Waals surface area contributed by atoms with Crippen LogP contribution in [0.2, 0.25) is 0 Å². The van der Waals surface area contributed by atoms with Crippen LogP contribution in [0.5, 0.6) is 0 Å². The van der Waals surface area contributed by atoms with Crippen molar-refractivity contribution in [1.82, 2.24) is 9.97 Å². The number of hydrogen-bond acceptors (Lipinski definition) is 10. The van der Waals surface area contributed by atoms with E-state index >= 15 is 17.6 Å². The fourth-order valence-electron chi connectivity index (χ4n) is 5.32. The van der Waals surface area contributed by atoms with E-state index < -0.39 is 119 Å². The molecule has 0 saturated carbocycles. The lowest BCUT2D eigenvalue weighted by atomic mass is 9.88. The molecule has 0 spiro atoms. The highest BCUT2D eigenvalue weighted by molar-refractivity contribution is 6.30. The molecule has 3 aromatic rings. The third kappa shape index (κ3) is 4.16. The monoisotopic (exact) mass is 622 g/mol. The van der Waals surface area contributed by atoms with Crippen molar-refractivity contribution in [2.75, 3.05) is 0 Å². The SMILES string of the molecule is N#CC(C#N)=C1C(c2cc(F)c(C#N)cc2F)=C(C#N)c2c(F)c3c(c(F)c21)C(=C(C#N)C#N)C(c1cnc(C#N)nc1F)=C3C#N. The van der Waals surface area contributed by atoms with E-state index in [9.17, 15) is 36.0 Å². The van der Waals surface area contributed by atoms with Gasteiger partial charge in [-0.15, -0.1) is 0 Å². The summed E-state index contributed by atoms with van der Waals surface area (Å²) in [5, 5.41) is 77.5. The van der Waals surface area contributed by atoms with Gasteiger partial charge < -0.3 is 0 Å². The van der Waals surface area contributed by atoms with Crippen LogP contribution in [0.1, 0.15) is 44.8 Å². The standard InChI is InChI=1S/C32H3F5N10/c33-19-2-15(20(34)1-12(19)3-38)24-16(8-43)26-28(22(24)13(4-39)5-40)31(36)29-23(14(6-41)7-42)25(17(9-44)27(29)30(26)35)18-11-46-21(10-45)47-32(18)37/h1-2,11H. The number of hydrogen-bond donors (Lipinski definition) is 0. The highest BCUT2D eigenvalue weighted by atomic mass is 19.1. The second kappa shape index (κ2) is 11.3. The minimum absolute atomic E-state index is 0.419. The van der Waals surface area contributed by atoms with E-state index in [0.29, 0.717) is 18.3 Å². The minimum atomic E-state index is -1.64. The fraction of sp³-hybridized carbons (Fsp3) is 0. The van der Waals surface area contributed by atoms with Gasteiger partial charge in [0.05, 0.1) is 22.3 Å². The topological polar surface area (TPSA) is 216 Å². The Morgan fingerprint density at radius 1 is 0.553 bits per heavy atom. The number of aromatic nitrogens is 2. The van der Waals surface area contributed by atoms with Crippen LogP contribution in [-0.4, -0.2) is 9.97 Å². The van der Waals surface area contributed by atoms with Crippen LogP contribution < -0.4 is 0 Å². The summed E-state index contributed by atoms with van der Waals surface area (Å²) in [7, 11) is 0. The molecular weight excluding hydrogens is 619 g/mol. The molecule has 0 N–H and O–H groups in total. The second-order valence-corrected chi connectivity index (χ2v) is 9.23. The third-order valence-electron chi connectivity index (χ3n) is 7.11. The summed E-state index contributed by atoms with van der Waals surface area (Å²) in [4.78, 5) is 6.89. The number of benzene rings is 2. The summed E-state index contributed by atoms with van der Waals surface area (Å²) in [5.74, 6) is -8.12. The van der Waals surface area contributed by atoms with Gasteiger partial charge in [0.2, 0.25) is 11.8 Å². The smallest absolute Gasteiger partial charge is 0.227 e. The minimum Gasteiger partial charge on any atom is -0.227 e. The first kappa shape index (κ1) is 30.5. The van der Waals surface area contributed by atoms with E-state index in [2.05, 4.69) is 9.97 Å². The van der Waals surface area contributed by atoms with Crippen LogP contribution in [0.15, 0.2) is 29.5 Å². The normalized spacial score (nSPS) is 12.4. The molecule has 0 radical (unpaired) electrons. The molecule has 2 aliphatic rings. The summed E-state index contributed by atoms with van der Waals surface area (Å²) >= 11 is 0. The lowest BCUT2D eigenvalue weighted by Gasteiger charge is -2.15. The van der Waals surface area contributed by atoms with Crippen LogP contribution in [0, 0.1) is 120 Å². The van der Waals surface area contributed by atoms with Gasteiger partial charge in [0, 0.05) is 56.3 Å². The highest BCUT2D eigenvalue weighted by Gasteiger charge is 2.45. The van der Waals surface area contributed by atoms with Crippen LogP contribution in [0.4, 0.5) is 22.0 Å². The maximum absolute atomic E-state index is 17.0. The molecule has 2 aliphatic carbocycles. The predicted molar refractivity (Wildman–Crippen MR) is 145 cm³/mol. The van der Waals surface area contributed by atoms with Gasteiger partial charge in [-0.25, -0.2) is 22.5 Å². The van der Waals surface area contributed by atoms with Crippen molar-refractivity contribution >= 4 is 33.4 Å². The van der Waals surface area contributed by atoms with Gasteiger partial charge >= 0.3 is 0 Å². The number of allylic oxidation sites excluding steroid dienone is 8. The second-order valence-electron chi connectivity index (χ2n) is 9.23. The van der Waals surface area contributed by atoms with E-state index in [0.717, 1.165) is 0 Å². The van der Waals surface area contributed by atoms with Crippen LogP contribution in [0.25, 0.3) is 33.4 Å². The quantitative estimate of drug-likeness (QED) is 0.201. The third-order valence-corrected chi connectivity index (χ3v) is 7.11. The first-order valence-electron chi connectivity index (χ1n) is 12.4. The van der Waals surface area contributed by atoms with Crippen LogP contribution >= 0.6 is 0 Å². The molecule has 0 atom stereocenters. The molecule has 5 rings (SSSR count). The van der Waals surface area contributed by atoms with Crippen LogP contribution in [0.3, 0.4) is 0 Å². The Morgan fingerprint density at radius 2 is 1.04 bits per heavy atom. The van der Waals surface area contributed by atoms with Crippen molar-refractivity contribution < 1.29 is 22.0 Å². The Kier molecular flexibility index (Phi) is 7.32. The van der Waals surface area contributed by atoms with Gasteiger partial charge in [-0.05, 0) is 12.1 Å². The lowest BCUT2D eigenvalue weighted by molar-refractivity contribution is 0.573. The maximum Gasteiger partial charge on any atom is 0.234 e. The Hall–Kier alpha value is -7.95. The maximum atomic E-state index is 17.0. The van der Waals surface area contributed by atoms with Gasteiger partial charge in [-0.3, -0.25) is 0 Å². The number of fused-ring (bicyclic) bond motifs is 2. The van der Waals surface area contributed by atoms with Gasteiger partial charge in [0.25, 0.3) is 0 Å². The molecule has 0 fully saturated rings. The van der Waals surface area contributed by atoms with Crippen molar-refractivity contribution in [3.8, 4) is 48.6 Å². The average molecular weight is 622 g/mol. The Bertz CT molecular complexity index is 2520. The number of rotatable bonds is 2. The summed E-state index contributed by atoms with van der Waals surface area (Å²) in [6.07, 6.45) is 0.672. The highest BCUT2D eigenvalue weighted by Crippen LogP contribution is 2.57. The van der Waals surface area contributed by atoms with E-state index in [1.54, 1.807) is 6.07 Å². The molecule has 1 aromatic heterocycles. The molecule has 0 saturated heterocycles. The lowest BCUT2D eigenvalue weighted by Crippen LogP contribution is -2.05. The Balaban J connectivity index is 2.05. The molecule has 1 heterocycles.